The van der Waals surface area contributed by atoms with Gasteiger partial charge < -0.3 is 14.7 Å². The van der Waals surface area contributed by atoms with Crippen molar-refractivity contribution in [2.45, 2.75) is 31.0 Å². The van der Waals surface area contributed by atoms with Crippen molar-refractivity contribution in [1.82, 2.24) is 9.80 Å². The summed E-state index contributed by atoms with van der Waals surface area (Å²) in [7, 11) is 3.16. The van der Waals surface area contributed by atoms with E-state index in [1.807, 2.05) is 11.9 Å². The highest BCUT2D eigenvalue weighted by molar-refractivity contribution is 5.91. The zero-order valence-corrected chi connectivity index (χ0v) is 10.2. The smallest absolute Gasteiger partial charge is 0.325 e. The van der Waals surface area contributed by atoms with E-state index >= 15 is 0 Å². The molecule has 2 rings (SSSR count). The molecule has 2 saturated heterocycles. The van der Waals surface area contributed by atoms with Crippen LogP contribution in [0.4, 0.5) is 0 Å². The van der Waals surface area contributed by atoms with E-state index in [9.17, 15) is 14.7 Å². The van der Waals surface area contributed by atoms with E-state index in [1.54, 1.807) is 0 Å². The van der Waals surface area contributed by atoms with Crippen LogP contribution in [0, 0.1) is 0 Å². The molecule has 17 heavy (non-hydrogen) atoms. The molecule has 2 aliphatic rings. The van der Waals surface area contributed by atoms with Crippen molar-refractivity contribution < 1.29 is 19.4 Å². The Labute approximate surface area is 100 Å². The van der Waals surface area contributed by atoms with Crippen LogP contribution in [0.3, 0.4) is 0 Å². The number of methoxy groups -OCH3 is 1. The van der Waals surface area contributed by atoms with Crippen molar-refractivity contribution >= 4 is 11.9 Å². The number of hydrogen-bond acceptors (Lipinski definition) is 5. The van der Waals surface area contributed by atoms with Crippen LogP contribution in [0.25, 0.3) is 0 Å². The van der Waals surface area contributed by atoms with Gasteiger partial charge in [-0.25, -0.2) is 0 Å². The first-order chi connectivity index (χ1) is 8.01. The maximum absolute atomic E-state index is 12.3. The second-order valence-electron chi connectivity index (χ2n) is 4.75. The van der Waals surface area contributed by atoms with Crippen LogP contribution in [0.2, 0.25) is 0 Å². The lowest BCUT2D eigenvalue weighted by Gasteiger charge is -2.29. The van der Waals surface area contributed by atoms with E-state index in [1.165, 1.54) is 12.0 Å². The van der Waals surface area contributed by atoms with Crippen LogP contribution in [0.15, 0.2) is 0 Å². The Morgan fingerprint density at radius 2 is 2.35 bits per heavy atom. The fourth-order valence-corrected chi connectivity index (χ4v) is 2.82. The average molecular weight is 242 g/mol. The van der Waals surface area contributed by atoms with Gasteiger partial charge in [0, 0.05) is 6.42 Å². The van der Waals surface area contributed by atoms with E-state index in [4.69, 9.17) is 0 Å². The highest BCUT2D eigenvalue weighted by Gasteiger charge is 2.55. The monoisotopic (exact) mass is 242 g/mol. The summed E-state index contributed by atoms with van der Waals surface area (Å²) in [5.41, 5.74) is -0.604. The van der Waals surface area contributed by atoms with Crippen LogP contribution in [-0.4, -0.2) is 65.8 Å². The molecule has 1 unspecified atom stereocenters. The number of hydrogen-bond donors (Lipinski definition) is 1. The number of amides is 1. The molecule has 0 aromatic carbocycles. The topological polar surface area (TPSA) is 70.1 Å². The number of aliphatic hydroxyl groups is 1. The number of nitrogens with zero attached hydrogens (tertiary/aromatic N) is 2. The van der Waals surface area contributed by atoms with Crippen molar-refractivity contribution in [3.63, 3.8) is 0 Å². The summed E-state index contributed by atoms with van der Waals surface area (Å²) in [5.74, 6) is -0.662. The number of likely N-dealkylation sites (N-methyl/N-ethyl adjacent to an activating group) is 1. The van der Waals surface area contributed by atoms with Gasteiger partial charge in [-0.2, -0.15) is 0 Å². The van der Waals surface area contributed by atoms with Crippen LogP contribution >= 0.6 is 0 Å². The molecule has 6 nitrogen and oxygen atoms in total. The number of carbonyl (C=O) groups is 2. The number of aliphatic hydroxyl groups excluding tert-OH is 1. The van der Waals surface area contributed by atoms with Crippen LogP contribution in [0.5, 0.6) is 0 Å². The quantitative estimate of drug-likeness (QED) is 0.640. The van der Waals surface area contributed by atoms with Gasteiger partial charge >= 0.3 is 5.97 Å². The summed E-state index contributed by atoms with van der Waals surface area (Å²) < 4.78 is 4.53. The molecule has 0 aromatic heterocycles. The van der Waals surface area contributed by atoms with Crippen LogP contribution in [0.1, 0.15) is 19.3 Å². The highest BCUT2D eigenvalue weighted by atomic mass is 16.5. The van der Waals surface area contributed by atoms with E-state index in [0.717, 1.165) is 19.4 Å². The Hall–Kier alpha value is -1.14. The number of rotatable bonds is 2. The van der Waals surface area contributed by atoms with Crippen molar-refractivity contribution in [3.8, 4) is 0 Å². The minimum absolute atomic E-state index is 0.157. The second-order valence-corrected chi connectivity index (χ2v) is 4.75. The first-order valence-corrected chi connectivity index (χ1v) is 5.78. The molecule has 96 valence electrons. The largest absolute Gasteiger partial charge is 0.468 e. The molecule has 1 N–H and O–H groups in total. The second kappa shape index (κ2) is 4.27. The van der Waals surface area contributed by atoms with Gasteiger partial charge in [-0.3, -0.25) is 14.5 Å². The summed E-state index contributed by atoms with van der Waals surface area (Å²) >= 11 is 0. The Morgan fingerprint density at radius 3 is 2.88 bits per heavy atom. The number of carbonyl (C=O) groups excluding carboxylic acids is 2. The average Bonchev–Trinajstić information content (AvgIpc) is 2.76. The van der Waals surface area contributed by atoms with Crippen molar-refractivity contribution in [2.75, 3.05) is 27.2 Å². The summed E-state index contributed by atoms with van der Waals surface area (Å²) in [5, 5.41) is 9.92. The summed E-state index contributed by atoms with van der Waals surface area (Å²) in [4.78, 5) is 26.7. The van der Waals surface area contributed by atoms with Gasteiger partial charge in [0.1, 0.15) is 18.3 Å². The van der Waals surface area contributed by atoms with Gasteiger partial charge in [0.15, 0.2) is 0 Å². The summed E-state index contributed by atoms with van der Waals surface area (Å²) in [6, 6.07) is 0. The zero-order chi connectivity index (χ0) is 12.6. The van der Waals surface area contributed by atoms with Crippen LogP contribution in [-0.2, 0) is 14.3 Å². The van der Waals surface area contributed by atoms with Gasteiger partial charge in [-0.15, -0.1) is 0 Å². The fraction of sp³-hybridized carbons (Fsp3) is 0.818. The van der Waals surface area contributed by atoms with E-state index in [0.29, 0.717) is 6.42 Å². The first kappa shape index (κ1) is 12.3. The normalized spacial score (nSPS) is 33.7. The predicted molar refractivity (Wildman–Crippen MR) is 58.9 cm³/mol. The third-order valence-electron chi connectivity index (χ3n) is 3.88. The Morgan fingerprint density at radius 1 is 1.65 bits per heavy atom. The van der Waals surface area contributed by atoms with Crippen molar-refractivity contribution in [3.05, 3.63) is 0 Å². The third kappa shape index (κ3) is 1.81. The predicted octanol–water partition coefficient (Wildman–Crippen LogP) is -0.825. The number of esters is 1. The maximum Gasteiger partial charge on any atom is 0.325 e. The van der Waals surface area contributed by atoms with Crippen molar-refractivity contribution in [1.29, 1.82) is 0 Å². The van der Waals surface area contributed by atoms with Crippen LogP contribution < -0.4 is 0 Å². The summed E-state index contributed by atoms with van der Waals surface area (Å²) in [6.45, 7) is 0.677. The molecule has 0 aromatic rings. The molecule has 1 spiro atoms. The van der Waals surface area contributed by atoms with Gasteiger partial charge in [0.25, 0.3) is 0 Å². The van der Waals surface area contributed by atoms with Crippen molar-refractivity contribution in [2.24, 2.45) is 0 Å². The van der Waals surface area contributed by atoms with Gasteiger partial charge in [0.2, 0.25) is 5.91 Å². The molecule has 2 heterocycles. The number of ether oxygens (including phenoxy) is 1. The van der Waals surface area contributed by atoms with Gasteiger partial charge in [-0.05, 0) is 26.4 Å². The lowest BCUT2D eigenvalue weighted by molar-refractivity contribution is -0.151. The zero-order valence-electron chi connectivity index (χ0n) is 10.2. The molecule has 2 fully saturated rings. The Balaban J connectivity index is 2.16. The molecule has 0 bridgehead atoms. The molecule has 6 heteroatoms. The highest BCUT2D eigenvalue weighted by Crippen LogP contribution is 2.39. The molecule has 2 atom stereocenters. The van der Waals surface area contributed by atoms with E-state index in [-0.39, 0.29) is 12.5 Å². The Kier molecular flexibility index (Phi) is 3.09. The molecule has 0 radical (unpaired) electrons. The lowest BCUT2D eigenvalue weighted by atomic mass is 9.94. The summed E-state index contributed by atoms with van der Waals surface area (Å²) in [6.07, 6.45) is 1.18. The minimum Gasteiger partial charge on any atom is -0.468 e. The molecule has 0 saturated carbocycles. The van der Waals surface area contributed by atoms with E-state index < -0.39 is 17.7 Å². The SMILES string of the molecule is COC(=O)CN1C(=O)[C@@]2(CCCN2C)CC1O. The molecular weight excluding hydrogens is 224 g/mol. The van der Waals surface area contributed by atoms with Gasteiger partial charge in [0.05, 0.1) is 7.11 Å². The standard InChI is InChI=1S/C11H18N2O4/c1-12-5-3-4-11(12)6-8(14)13(10(11)16)7-9(15)17-2/h8,14H,3-7H2,1-2H3/t8?,11-/m1/s1. The number of likely N-dealkylation sites (tertiary alicyclic amines) is 2. The third-order valence-corrected chi connectivity index (χ3v) is 3.88. The fourth-order valence-electron chi connectivity index (χ4n) is 2.82. The van der Waals surface area contributed by atoms with Gasteiger partial charge in [-0.1, -0.05) is 0 Å². The first-order valence-electron chi connectivity index (χ1n) is 5.78. The van der Waals surface area contributed by atoms with E-state index in [2.05, 4.69) is 4.74 Å². The molecular formula is C11H18N2O4. The molecule has 1 amide bonds. The lowest BCUT2D eigenvalue weighted by Crippen LogP contribution is -2.49. The Bertz CT molecular complexity index is 346. The maximum atomic E-state index is 12.3. The minimum atomic E-state index is -0.887. The molecule has 0 aliphatic carbocycles. The molecule has 2 aliphatic heterocycles.